The van der Waals surface area contributed by atoms with Gasteiger partial charge in [0.25, 0.3) is 0 Å². The van der Waals surface area contributed by atoms with Crippen molar-refractivity contribution in [1.29, 1.82) is 0 Å². The van der Waals surface area contributed by atoms with Gasteiger partial charge >= 0.3 is 6.03 Å². The number of β-amino-alcohol motifs (C(OH)–C–C–N with tert-alkyl or cyclic N) is 1. The van der Waals surface area contributed by atoms with Crippen molar-refractivity contribution in [3.05, 3.63) is 0 Å². The molecule has 1 atom stereocenters. The monoisotopic (exact) mass is 172 g/mol. The summed E-state index contributed by atoms with van der Waals surface area (Å²) in [5, 5.41) is 8.73. The Labute approximate surface area is 72.8 Å². The number of hydrogen-bond donors (Lipinski definition) is 1. The molecule has 0 aromatic carbocycles. The first-order chi connectivity index (χ1) is 5.70. The fraction of sp³-hybridized carbons (Fsp3) is 0.875. The second-order valence-corrected chi connectivity index (χ2v) is 3.14. The minimum Gasteiger partial charge on any atom is -0.395 e. The van der Waals surface area contributed by atoms with Crippen molar-refractivity contribution >= 4 is 6.03 Å². The van der Waals surface area contributed by atoms with Crippen molar-refractivity contribution < 1.29 is 9.90 Å². The molecule has 0 spiro atoms. The van der Waals surface area contributed by atoms with E-state index < -0.39 is 0 Å². The Morgan fingerprint density at radius 2 is 2.33 bits per heavy atom. The van der Waals surface area contributed by atoms with Crippen LogP contribution < -0.4 is 0 Å². The summed E-state index contributed by atoms with van der Waals surface area (Å²) in [5.74, 6) is 0. The summed E-state index contributed by atoms with van der Waals surface area (Å²) in [4.78, 5) is 14.8. The molecule has 1 heterocycles. The topological polar surface area (TPSA) is 43.8 Å². The van der Waals surface area contributed by atoms with Crippen molar-refractivity contribution in [2.45, 2.75) is 19.4 Å². The average molecular weight is 172 g/mol. The highest BCUT2D eigenvalue weighted by atomic mass is 16.3. The molecule has 1 fully saturated rings. The zero-order valence-corrected chi connectivity index (χ0v) is 7.66. The van der Waals surface area contributed by atoms with Gasteiger partial charge in [-0.25, -0.2) is 4.79 Å². The van der Waals surface area contributed by atoms with Crippen LogP contribution in [0.25, 0.3) is 0 Å². The molecule has 2 amide bonds. The van der Waals surface area contributed by atoms with E-state index in [1.807, 2.05) is 0 Å². The summed E-state index contributed by atoms with van der Waals surface area (Å²) < 4.78 is 0. The normalized spacial score (nSPS) is 23.9. The highest BCUT2D eigenvalue weighted by molar-refractivity contribution is 5.76. The van der Waals surface area contributed by atoms with Crippen LogP contribution in [0.5, 0.6) is 0 Å². The molecule has 0 aromatic heterocycles. The van der Waals surface area contributed by atoms with Crippen LogP contribution >= 0.6 is 0 Å². The zero-order valence-electron chi connectivity index (χ0n) is 7.66. The van der Waals surface area contributed by atoms with E-state index in [0.29, 0.717) is 6.54 Å². The summed E-state index contributed by atoms with van der Waals surface area (Å²) in [6, 6.07) is 0.325. The minimum atomic E-state index is 0.0379. The maximum atomic E-state index is 11.4. The van der Waals surface area contributed by atoms with E-state index >= 15 is 0 Å². The highest BCUT2D eigenvalue weighted by Crippen LogP contribution is 2.15. The molecule has 0 radical (unpaired) electrons. The van der Waals surface area contributed by atoms with E-state index in [1.54, 1.807) is 16.8 Å². The highest BCUT2D eigenvalue weighted by Gasteiger charge is 2.32. The number of amides is 2. The van der Waals surface area contributed by atoms with Gasteiger partial charge in [-0.2, -0.15) is 0 Å². The van der Waals surface area contributed by atoms with Crippen molar-refractivity contribution in [2.24, 2.45) is 0 Å². The molecular weight excluding hydrogens is 156 g/mol. The second-order valence-electron chi connectivity index (χ2n) is 3.14. The van der Waals surface area contributed by atoms with Crippen LogP contribution in [0.4, 0.5) is 4.79 Å². The van der Waals surface area contributed by atoms with Crippen molar-refractivity contribution in [3.8, 4) is 0 Å². The summed E-state index contributed by atoms with van der Waals surface area (Å²) in [6.07, 6.45) is 0.954. The fourth-order valence-electron chi connectivity index (χ4n) is 1.60. The maximum Gasteiger partial charge on any atom is 0.320 e. The molecular formula is C8H16N2O2. The number of nitrogens with zero attached hydrogens (tertiary/aromatic N) is 2. The molecule has 0 saturated carbocycles. The van der Waals surface area contributed by atoms with Crippen LogP contribution in [0.1, 0.15) is 13.3 Å². The van der Waals surface area contributed by atoms with Gasteiger partial charge in [-0.05, 0) is 6.42 Å². The molecule has 0 aliphatic carbocycles. The number of rotatable bonds is 3. The largest absolute Gasteiger partial charge is 0.395 e. The third-order valence-corrected chi connectivity index (χ3v) is 2.31. The third kappa shape index (κ3) is 1.53. The van der Waals surface area contributed by atoms with Gasteiger partial charge in [0, 0.05) is 20.1 Å². The Balaban J connectivity index is 2.60. The summed E-state index contributed by atoms with van der Waals surface area (Å²) >= 11 is 0. The van der Waals surface area contributed by atoms with Crippen LogP contribution in [0.15, 0.2) is 0 Å². The first kappa shape index (κ1) is 9.32. The van der Waals surface area contributed by atoms with Crippen LogP contribution in [0.2, 0.25) is 0 Å². The van der Waals surface area contributed by atoms with Crippen LogP contribution in [0, 0.1) is 0 Å². The number of urea groups is 1. The molecule has 1 N–H and O–H groups in total. The molecule has 1 aliphatic rings. The summed E-state index contributed by atoms with van der Waals surface area (Å²) in [5.41, 5.74) is 0. The Morgan fingerprint density at radius 3 is 2.83 bits per heavy atom. The Hall–Kier alpha value is -0.770. The average Bonchev–Trinajstić information content (AvgIpc) is 2.33. The van der Waals surface area contributed by atoms with Gasteiger partial charge in [0.15, 0.2) is 0 Å². The van der Waals surface area contributed by atoms with E-state index in [2.05, 4.69) is 6.92 Å². The summed E-state index contributed by atoms with van der Waals surface area (Å²) in [7, 11) is 1.79. The van der Waals surface area contributed by atoms with Crippen LogP contribution in [-0.2, 0) is 0 Å². The van der Waals surface area contributed by atoms with E-state index in [0.717, 1.165) is 13.0 Å². The van der Waals surface area contributed by atoms with Gasteiger partial charge < -0.3 is 14.9 Å². The van der Waals surface area contributed by atoms with Crippen LogP contribution in [-0.4, -0.2) is 53.7 Å². The van der Waals surface area contributed by atoms with Crippen molar-refractivity contribution in [3.63, 3.8) is 0 Å². The number of aliphatic hydroxyl groups is 1. The summed E-state index contributed by atoms with van der Waals surface area (Å²) in [6.45, 7) is 3.36. The predicted octanol–water partition coefficient (Wildman–Crippen LogP) is 0.125. The number of carbonyl (C=O) groups excluding carboxylic acids is 1. The number of hydrogen-bond acceptors (Lipinski definition) is 2. The molecule has 1 unspecified atom stereocenters. The van der Waals surface area contributed by atoms with E-state index in [1.165, 1.54) is 0 Å². The smallest absolute Gasteiger partial charge is 0.320 e. The molecule has 1 saturated heterocycles. The van der Waals surface area contributed by atoms with Gasteiger partial charge in [-0.15, -0.1) is 0 Å². The molecule has 70 valence electrons. The Bertz CT molecular complexity index is 172. The van der Waals surface area contributed by atoms with Gasteiger partial charge in [0.05, 0.1) is 12.6 Å². The molecule has 1 rings (SSSR count). The van der Waals surface area contributed by atoms with E-state index in [4.69, 9.17) is 5.11 Å². The first-order valence-electron chi connectivity index (χ1n) is 4.33. The molecule has 4 nitrogen and oxygen atoms in total. The lowest BCUT2D eigenvalue weighted by molar-refractivity contribution is 0.170. The lowest BCUT2D eigenvalue weighted by Gasteiger charge is -2.20. The molecule has 0 aromatic rings. The zero-order chi connectivity index (χ0) is 9.14. The fourth-order valence-corrected chi connectivity index (χ4v) is 1.60. The molecule has 4 heteroatoms. The lowest BCUT2D eigenvalue weighted by atomic mass is 10.2. The third-order valence-electron chi connectivity index (χ3n) is 2.31. The standard InChI is InChI=1S/C8H16N2O2/c1-3-7-6-9(2)8(12)10(7)4-5-11/h7,11H,3-6H2,1-2H3. The van der Waals surface area contributed by atoms with Gasteiger partial charge in [-0.3, -0.25) is 0 Å². The van der Waals surface area contributed by atoms with Gasteiger partial charge in [0.1, 0.15) is 0 Å². The SMILES string of the molecule is CCC1CN(C)C(=O)N1CCO. The number of likely N-dealkylation sites (N-methyl/N-ethyl adjacent to an activating group) is 1. The van der Waals surface area contributed by atoms with E-state index in [-0.39, 0.29) is 18.7 Å². The molecule has 12 heavy (non-hydrogen) atoms. The van der Waals surface area contributed by atoms with Gasteiger partial charge in [-0.1, -0.05) is 6.92 Å². The van der Waals surface area contributed by atoms with Crippen LogP contribution in [0.3, 0.4) is 0 Å². The van der Waals surface area contributed by atoms with Crippen molar-refractivity contribution in [1.82, 2.24) is 9.80 Å². The molecule has 1 aliphatic heterocycles. The molecule has 0 bridgehead atoms. The number of aliphatic hydroxyl groups excluding tert-OH is 1. The quantitative estimate of drug-likeness (QED) is 0.657. The predicted molar refractivity (Wildman–Crippen MR) is 45.9 cm³/mol. The van der Waals surface area contributed by atoms with Gasteiger partial charge in [0.2, 0.25) is 0 Å². The Morgan fingerprint density at radius 1 is 1.67 bits per heavy atom. The maximum absolute atomic E-state index is 11.4. The first-order valence-corrected chi connectivity index (χ1v) is 4.33. The lowest BCUT2D eigenvalue weighted by Crippen LogP contribution is -2.36. The van der Waals surface area contributed by atoms with Crippen molar-refractivity contribution in [2.75, 3.05) is 26.7 Å². The second kappa shape index (κ2) is 3.76. The Kier molecular flexibility index (Phi) is 2.92. The minimum absolute atomic E-state index is 0.0379. The number of carbonyl (C=O) groups is 1. The van der Waals surface area contributed by atoms with E-state index in [9.17, 15) is 4.79 Å².